The summed E-state index contributed by atoms with van der Waals surface area (Å²) >= 11 is 9.22. The highest BCUT2D eigenvalue weighted by atomic mass is 79.9. The van der Waals surface area contributed by atoms with Crippen molar-refractivity contribution in [1.82, 2.24) is 14.8 Å². The van der Waals surface area contributed by atoms with E-state index in [0.29, 0.717) is 87.0 Å². The molecule has 14 heteroatoms. The van der Waals surface area contributed by atoms with E-state index in [1.807, 2.05) is 72.2 Å². The van der Waals surface area contributed by atoms with E-state index >= 15 is 0 Å². The monoisotopic (exact) mass is 999 g/mol. The number of hydrogen-bond donors (Lipinski definition) is 2. The van der Waals surface area contributed by atoms with Crippen molar-refractivity contribution in [3.63, 3.8) is 0 Å². The van der Waals surface area contributed by atoms with Gasteiger partial charge in [-0.25, -0.2) is 4.98 Å². The van der Waals surface area contributed by atoms with Gasteiger partial charge in [0.1, 0.15) is 22.4 Å². The lowest BCUT2D eigenvalue weighted by atomic mass is 9.89. The van der Waals surface area contributed by atoms with Crippen LogP contribution < -0.4 is 24.8 Å². The first-order valence-electron chi connectivity index (χ1n) is 22.5. The number of carbonyl (C=O) groups is 4. The molecule has 68 heavy (non-hydrogen) atoms. The van der Waals surface area contributed by atoms with E-state index in [9.17, 15) is 19.2 Å². The lowest BCUT2D eigenvalue weighted by molar-refractivity contribution is 0.0705. The van der Waals surface area contributed by atoms with Crippen LogP contribution in [0.5, 0.6) is 17.2 Å². The summed E-state index contributed by atoms with van der Waals surface area (Å²) in [5.41, 5.74) is 7.52. The van der Waals surface area contributed by atoms with Gasteiger partial charge in [0.2, 0.25) is 0 Å². The molecule has 2 N–H and O–H groups in total. The minimum absolute atomic E-state index is 0.0174. The smallest absolute Gasteiger partial charge is 0.257 e. The quantitative estimate of drug-likeness (QED) is 0.122. The molecule has 0 unspecified atom stereocenters. The molecule has 1 aromatic heterocycles. The first-order valence-corrected chi connectivity index (χ1v) is 23.7. The Morgan fingerprint density at radius 1 is 0.559 bits per heavy atom. The van der Waals surface area contributed by atoms with Crippen molar-refractivity contribution in [3.8, 4) is 17.2 Å². The Kier molecular flexibility index (Phi) is 16.5. The number of anilines is 2. The van der Waals surface area contributed by atoms with E-state index in [0.717, 1.165) is 48.3 Å². The first-order chi connectivity index (χ1) is 32.8. The molecule has 0 atom stereocenters. The standard InChI is InChI=1S/C28H29BrN2O4.C26H26ClN3O3/c1-18-4-5-21(16-26(18)30-27(32)24-17-23(35-3)10-11-25(24)29)28(33)31-14-12-20(13-15-31)19-6-8-22(34-2)9-7-19;1-17-3-4-20(15-23(17)29-25(31)21-7-10-24(27)28-16-21)26(32)30-13-11-19(12-14-30)18-5-8-22(33-2)9-6-18/h4-11,16-17,20H,12-15H2,1-3H3,(H,30,32);3-10,15-16,19H,11-14H2,1-2H3,(H,29,31). The topological polar surface area (TPSA) is 139 Å². The number of rotatable bonds is 11. The predicted molar refractivity (Wildman–Crippen MR) is 270 cm³/mol. The second kappa shape index (κ2) is 22.9. The summed E-state index contributed by atoms with van der Waals surface area (Å²) in [5.74, 6) is 2.54. The number of piperidine rings is 2. The fourth-order valence-electron chi connectivity index (χ4n) is 8.43. The number of benzene rings is 5. The van der Waals surface area contributed by atoms with Crippen LogP contribution in [0, 0.1) is 13.8 Å². The Hall–Kier alpha value is -6.70. The van der Waals surface area contributed by atoms with Crippen molar-refractivity contribution in [2.75, 3.05) is 58.1 Å². The second-order valence-electron chi connectivity index (χ2n) is 16.9. The summed E-state index contributed by atoms with van der Waals surface area (Å²) in [7, 11) is 4.89. The van der Waals surface area contributed by atoms with Gasteiger partial charge in [0, 0.05) is 59.4 Å². The van der Waals surface area contributed by atoms with E-state index in [1.54, 1.807) is 63.8 Å². The molecule has 5 aromatic carbocycles. The fourth-order valence-corrected chi connectivity index (χ4v) is 8.97. The Morgan fingerprint density at radius 3 is 1.41 bits per heavy atom. The largest absolute Gasteiger partial charge is 0.497 e. The van der Waals surface area contributed by atoms with E-state index in [-0.39, 0.29) is 23.6 Å². The fraction of sp³-hybridized carbons (Fsp3) is 0.278. The number of methoxy groups -OCH3 is 3. The maximum absolute atomic E-state index is 13.3. The molecule has 6 aromatic rings. The number of carbonyl (C=O) groups excluding carboxylic acids is 4. The summed E-state index contributed by atoms with van der Waals surface area (Å²) < 4.78 is 16.4. The molecule has 0 aliphatic carbocycles. The average Bonchev–Trinajstić information content (AvgIpc) is 3.38. The Labute approximate surface area is 411 Å². The summed E-state index contributed by atoms with van der Waals surface area (Å²) in [6.07, 6.45) is 5.08. The maximum atomic E-state index is 13.3. The van der Waals surface area contributed by atoms with Crippen molar-refractivity contribution >= 4 is 62.5 Å². The Morgan fingerprint density at radius 2 is 0.985 bits per heavy atom. The molecule has 0 spiro atoms. The highest BCUT2D eigenvalue weighted by molar-refractivity contribution is 9.10. The summed E-state index contributed by atoms with van der Waals surface area (Å²) in [6, 6.07) is 35.6. The van der Waals surface area contributed by atoms with Gasteiger partial charge in [-0.2, -0.15) is 0 Å². The summed E-state index contributed by atoms with van der Waals surface area (Å²) in [5, 5.41) is 6.15. The van der Waals surface area contributed by atoms with Crippen LogP contribution in [0.15, 0.2) is 126 Å². The zero-order valence-electron chi connectivity index (χ0n) is 38.8. The first kappa shape index (κ1) is 49.2. The van der Waals surface area contributed by atoms with Gasteiger partial charge in [-0.15, -0.1) is 0 Å². The molecule has 3 heterocycles. The van der Waals surface area contributed by atoms with Gasteiger partial charge < -0.3 is 34.6 Å². The molecular formula is C54H55BrClN5O7. The van der Waals surface area contributed by atoms with Gasteiger partial charge in [-0.3, -0.25) is 19.2 Å². The molecule has 12 nitrogen and oxygen atoms in total. The van der Waals surface area contributed by atoms with Crippen LogP contribution in [-0.2, 0) is 0 Å². The van der Waals surface area contributed by atoms with Gasteiger partial charge >= 0.3 is 0 Å². The van der Waals surface area contributed by atoms with Crippen LogP contribution in [-0.4, -0.2) is 85.9 Å². The molecule has 2 aliphatic heterocycles. The van der Waals surface area contributed by atoms with E-state index in [2.05, 4.69) is 55.8 Å². The Balaban J connectivity index is 0.000000202. The summed E-state index contributed by atoms with van der Waals surface area (Å²) in [6.45, 7) is 6.59. The molecule has 0 bridgehead atoms. The number of ether oxygens (including phenoxy) is 3. The molecule has 352 valence electrons. The maximum Gasteiger partial charge on any atom is 0.257 e. The lowest BCUT2D eigenvalue weighted by Gasteiger charge is -2.32. The van der Waals surface area contributed by atoms with Crippen LogP contribution in [0.3, 0.4) is 0 Å². The van der Waals surface area contributed by atoms with E-state index in [4.69, 9.17) is 25.8 Å². The number of halogens is 2. The van der Waals surface area contributed by atoms with Crippen LogP contribution >= 0.6 is 27.5 Å². The number of amides is 4. The van der Waals surface area contributed by atoms with E-state index in [1.165, 1.54) is 17.3 Å². The third kappa shape index (κ3) is 12.2. The zero-order chi connectivity index (χ0) is 48.3. The summed E-state index contributed by atoms with van der Waals surface area (Å²) in [4.78, 5) is 59.7. The minimum atomic E-state index is -0.299. The van der Waals surface area contributed by atoms with Crippen molar-refractivity contribution in [3.05, 3.63) is 176 Å². The van der Waals surface area contributed by atoms with E-state index < -0.39 is 0 Å². The molecule has 2 aliphatic rings. The second-order valence-corrected chi connectivity index (χ2v) is 18.1. The third-order valence-electron chi connectivity index (χ3n) is 12.6. The SMILES string of the molecule is COc1ccc(C2CCN(C(=O)c3ccc(C)c(NC(=O)c4cc(OC)ccc4Br)c3)CC2)cc1.COc1ccc(C2CCN(C(=O)c3ccc(C)c(NC(=O)c4ccc(Cl)nc4)c3)CC2)cc1. The average molecular weight is 1000 g/mol. The van der Waals surface area contributed by atoms with Gasteiger partial charge in [-0.1, -0.05) is 48.0 Å². The van der Waals surface area contributed by atoms with Crippen LogP contribution in [0.25, 0.3) is 0 Å². The number of aryl methyl sites for hydroxylation is 2. The predicted octanol–water partition coefficient (Wildman–Crippen LogP) is 11.4. The zero-order valence-corrected chi connectivity index (χ0v) is 41.2. The minimum Gasteiger partial charge on any atom is -0.497 e. The molecule has 2 saturated heterocycles. The number of nitrogens with one attached hydrogen (secondary N) is 2. The molecule has 8 rings (SSSR count). The van der Waals surface area contributed by atoms with Gasteiger partial charge in [0.25, 0.3) is 23.6 Å². The normalized spacial score (nSPS) is 14.0. The van der Waals surface area contributed by atoms with Gasteiger partial charge in [-0.05, 0) is 168 Å². The van der Waals surface area contributed by atoms with Crippen LogP contribution in [0.1, 0.15) is 101 Å². The van der Waals surface area contributed by atoms with Crippen molar-refractivity contribution < 1.29 is 33.4 Å². The molecule has 4 amide bonds. The molecule has 0 saturated carbocycles. The van der Waals surface area contributed by atoms with Crippen LogP contribution in [0.2, 0.25) is 5.15 Å². The van der Waals surface area contributed by atoms with Crippen molar-refractivity contribution in [2.24, 2.45) is 0 Å². The number of likely N-dealkylation sites (tertiary alicyclic amines) is 2. The third-order valence-corrected chi connectivity index (χ3v) is 13.5. The molecule has 2 fully saturated rings. The molecular weight excluding hydrogens is 946 g/mol. The van der Waals surface area contributed by atoms with Crippen LogP contribution in [0.4, 0.5) is 11.4 Å². The number of hydrogen-bond acceptors (Lipinski definition) is 8. The number of nitrogens with zero attached hydrogens (tertiary/aromatic N) is 3. The number of aromatic nitrogens is 1. The highest BCUT2D eigenvalue weighted by Gasteiger charge is 2.27. The lowest BCUT2D eigenvalue weighted by Crippen LogP contribution is -2.38. The van der Waals surface area contributed by atoms with Gasteiger partial charge in [0.15, 0.2) is 0 Å². The number of pyridine rings is 1. The Bertz CT molecular complexity index is 2740. The van der Waals surface area contributed by atoms with Crippen molar-refractivity contribution in [1.29, 1.82) is 0 Å². The van der Waals surface area contributed by atoms with Gasteiger partial charge in [0.05, 0.1) is 32.5 Å². The molecule has 0 radical (unpaired) electrons. The van der Waals surface area contributed by atoms with Crippen molar-refractivity contribution in [2.45, 2.75) is 51.4 Å². The highest BCUT2D eigenvalue weighted by Crippen LogP contribution is 2.33.